The van der Waals surface area contributed by atoms with Gasteiger partial charge in [-0.2, -0.15) is 0 Å². The molecule has 0 unspecified atom stereocenters. The van der Waals surface area contributed by atoms with Crippen LogP contribution in [0.3, 0.4) is 0 Å². The molecule has 3 rings (SSSR count). The molecule has 26 heavy (non-hydrogen) atoms. The first-order valence-electron chi connectivity index (χ1n) is 8.36. The van der Waals surface area contributed by atoms with Gasteiger partial charge in [-0.25, -0.2) is 13.1 Å². The lowest BCUT2D eigenvalue weighted by atomic mass is 9.85. The van der Waals surface area contributed by atoms with Crippen molar-refractivity contribution in [3.63, 3.8) is 0 Å². The van der Waals surface area contributed by atoms with Gasteiger partial charge in [-0.1, -0.05) is 26.0 Å². The Balaban J connectivity index is 1.74. The van der Waals surface area contributed by atoms with Gasteiger partial charge >= 0.3 is 0 Å². The number of benzene rings is 2. The predicted molar refractivity (Wildman–Crippen MR) is 98.6 cm³/mol. The Morgan fingerprint density at radius 1 is 1.04 bits per heavy atom. The molecule has 0 saturated carbocycles. The summed E-state index contributed by atoms with van der Waals surface area (Å²) in [5.41, 5.74) is 0.635. The Hall–Kier alpha value is -2.25. The number of fused-ring (bicyclic) bond motifs is 1. The van der Waals surface area contributed by atoms with Crippen molar-refractivity contribution in [3.8, 4) is 17.2 Å². The average molecular weight is 377 g/mol. The maximum Gasteiger partial charge on any atom is 0.240 e. The van der Waals surface area contributed by atoms with E-state index in [2.05, 4.69) is 4.72 Å². The molecule has 0 amide bonds. The van der Waals surface area contributed by atoms with E-state index in [0.717, 1.165) is 11.3 Å². The number of sulfonamides is 1. The first kappa shape index (κ1) is 18.5. The molecule has 2 aromatic carbocycles. The predicted octanol–water partition coefficient (Wildman–Crippen LogP) is 2.72. The Kier molecular flexibility index (Phi) is 5.11. The molecule has 6 nitrogen and oxygen atoms in total. The van der Waals surface area contributed by atoms with Gasteiger partial charge in [0.1, 0.15) is 19.0 Å². The van der Waals surface area contributed by atoms with E-state index in [1.807, 2.05) is 38.1 Å². The highest BCUT2D eigenvalue weighted by molar-refractivity contribution is 7.89. The van der Waals surface area contributed by atoms with E-state index < -0.39 is 10.0 Å². The standard InChI is InChI=1S/C19H23NO5S/c1-19(2,14-4-6-15(23-3)7-5-14)13-20-26(21,22)16-8-9-17-18(12-16)25-11-10-24-17/h4-9,12,20H,10-11,13H2,1-3H3. The summed E-state index contributed by atoms with van der Waals surface area (Å²) in [5.74, 6) is 1.78. The van der Waals surface area contributed by atoms with Crippen molar-refractivity contribution in [1.82, 2.24) is 4.72 Å². The van der Waals surface area contributed by atoms with Gasteiger partial charge in [-0.15, -0.1) is 0 Å². The van der Waals surface area contributed by atoms with Crippen LogP contribution in [-0.2, 0) is 15.4 Å². The molecule has 0 saturated heterocycles. The summed E-state index contributed by atoms with van der Waals surface area (Å²) in [4.78, 5) is 0.160. The molecule has 0 radical (unpaired) electrons. The van der Waals surface area contributed by atoms with Gasteiger partial charge in [0.05, 0.1) is 12.0 Å². The second-order valence-corrected chi connectivity index (χ2v) is 8.51. The van der Waals surface area contributed by atoms with Crippen LogP contribution in [0.4, 0.5) is 0 Å². The van der Waals surface area contributed by atoms with E-state index in [4.69, 9.17) is 14.2 Å². The fraction of sp³-hybridized carbons (Fsp3) is 0.368. The van der Waals surface area contributed by atoms with Gasteiger partial charge in [0.15, 0.2) is 11.5 Å². The monoisotopic (exact) mass is 377 g/mol. The fourth-order valence-electron chi connectivity index (χ4n) is 2.69. The summed E-state index contributed by atoms with van der Waals surface area (Å²) in [7, 11) is -2.05. The molecule has 0 aromatic heterocycles. The maximum absolute atomic E-state index is 12.7. The quantitative estimate of drug-likeness (QED) is 0.838. The Bertz CT molecular complexity index is 875. The minimum Gasteiger partial charge on any atom is -0.497 e. The SMILES string of the molecule is COc1ccc(C(C)(C)CNS(=O)(=O)c2ccc3c(c2)OCCO3)cc1. The van der Waals surface area contributed by atoms with Crippen LogP contribution in [0.15, 0.2) is 47.4 Å². The molecule has 1 heterocycles. The van der Waals surface area contributed by atoms with E-state index in [9.17, 15) is 8.42 Å². The molecule has 2 aromatic rings. The van der Waals surface area contributed by atoms with Crippen molar-refractivity contribution in [3.05, 3.63) is 48.0 Å². The number of hydrogen-bond donors (Lipinski definition) is 1. The van der Waals surface area contributed by atoms with E-state index in [0.29, 0.717) is 24.7 Å². The van der Waals surface area contributed by atoms with Gasteiger partial charge in [0, 0.05) is 18.0 Å². The molecule has 0 spiro atoms. The molecule has 0 aliphatic carbocycles. The second kappa shape index (κ2) is 7.17. The molecule has 1 aliphatic heterocycles. The molecule has 0 atom stereocenters. The highest BCUT2D eigenvalue weighted by atomic mass is 32.2. The lowest BCUT2D eigenvalue weighted by Gasteiger charge is -2.26. The Morgan fingerprint density at radius 2 is 1.69 bits per heavy atom. The topological polar surface area (TPSA) is 73.9 Å². The number of rotatable bonds is 6. The van der Waals surface area contributed by atoms with Gasteiger partial charge in [0.2, 0.25) is 10.0 Å². The zero-order chi connectivity index (χ0) is 18.8. The second-order valence-electron chi connectivity index (χ2n) is 6.74. The largest absolute Gasteiger partial charge is 0.497 e. The molecule has 0 bridgehead atoms. The van der Waals surface area contributed by atoms with Crippen LogP contribution in [0.25, 0.3) is 0 Å². The molecule has 140 valence electrons. The summed E-state index contributed by atoms with van der Waals surface area (Å²) in [5, 5.41) is 0. The van der Waals surface area contributed by atoms with Crippen molar-refractivity contribution in [2.45, 2.75) is 24.2 Å². The molecular weight excluding hydrogens is 354 g/mol. The van der Waals surface area contributed by atoms with Crippen molar-refractivity contribution < 1.29 is 22.6 Å². The highest BCUT2D eigenvalue weighted by Crippen LogP contribution is 2.32. The van der Waals surface area contributed by atoms with Crippen molar-refractivity contribution >= 4 is 10.0 Å². The van der Waals surface area contributed by atoms with Crippen LogP contribution in [0, 0.1) is 0 Å². The summed E-state index contributed by atoms with van der Waals surface area (Å²) in [6, 6.07) is 12.3. The number of methoxy groups -OCH3 is 1. The van der Waals surface area contributed by atoms with E-state index in [-0.39, 0.29) is 16.9 Å². The smallest absolute Gasteiger partial charge is 0.240 e. The summed E-state index contributed by atoms with van der Waals surface area (Å²) >= 11 is 0. The van der Waals surface area contributed by atoms with Crippen LogP contribution >= 0.6 is 0 Å². The maximum atomic E-state index is 12.7. The average Bonchev–Trinajstić information content (AvgIpc) is 2.66. The minimum atomic E-state index is -3.66. The van der Waals surface area contributed by atoms with E-state index in [1.165, 1.54) is 12.1 Å². The zero-order valence-electron chi connectivity index (χ0n) is 15.1. The van der Waals surface area contributed by atoms with Crippen LogP contribution in [-0.4, -0.2) is 35.3 Å². The van der Waals surface area contributed by atoms with Gasteiger partial charge in [0.25, 0.3) is 0 Å². The van der Waals surface area contributed by atoms with Gasteiger partial charge < -0.3 is 14.2 Å². The van der Waals surface area contributed by atoms with E-state index >= 15 is 0 Å². The van der Waals surface area contributed by atoms with Gasteiger partial charge in [-0.05, 0) is 29.8 Å². The van der Waals surface area contributed by atoms with E-state index in [1.54, 1.807) is 13.2 Å². The first-order chi connectivity index (χ1) is 12.3. The number of ether oxygens (including phenoxy) is 3. The lowest BCUT2D eigenvalue weighted by molar-refractivity contribution is 0.171. The molecule has 7 heteroatoms. The summed E-state index contributed by atoms with van der Waals surface area (Å²) in [6.45, 7) is 5.11. The van der Waals surface area contributed by atoms with Crippen LogP contribution < -0.4 is 18.9 Å². The normalized spacial score (nSPS) is 14.1. The zero-order valence-corrected chi connectivity index (χ0v) is 15.9. The third-order valence-corrected chi connectivity index (χ3v) is 5.80. The summed E-state index contributed by atoms with van der Waals surface area (Å²) < 4.78 is 44.1. The molecule has 1 N–H and O–H groups in total. The first-order valence-corrected chi connectivity index (χ1v) is 9.84. The van der Waals surface area contributed by atoms with Crippen molar-refractivity contribution in [2.24, 2.45) is 0 Å². The highest BCUT2D eigenvalue weighted by Gasteiger charge is 2.25. The van der Waals surface area contributed by atoms with Crippen LogP contribution in [0.2, 0.25) is 0 Å². The molecule has 0 fully saturated rings. The van der Waals surface area contributed by atoms with Gasteiger partial charge in [-0.3, -0.25) is 0 Å². The van der Waals surface area contributed by atoms with Crippen molar-refractivity contribution in [1.29, 1.82) is 0 Å². The van der Waals surface area contributed by atoms with Crippen LogP contribution in [0.5, 0.6) is 17.2 Å². The third kappa shape index (κ3) is 3.94. The third-order valence-electron chi connectivity index (χ3n) is 4.40. The van der Waals surface area contributed by atoms with Crippen molar-refractivity contribution in [2.75, 3.05) is 26.9 Å². The van der Waals surface area contributed by atoms with Crippen LogP contribution in [0.1, 0.15) is 19.4 Å². The molecular formula is C19H23NO5S. The minimum absolute atomic E-state index is 0.160. The lowest BCUT2D eigenvalue weighted by Crippen LogP contribution is -2.36. The number of hydrogen-bond acceptors (Lipinski definition) is 5. The Morgan fingerprint density at radius 3 is 2.35 bits per heavy atom. The fourth-order valence-corrected chi connectivity index (χ4v) is 3.92. The number of nitrogens with one attached hydrogen (secondary N) is 1. The Labute approximate surface area is 154 Å². The summed E-state index contributed by atoms with van der Waals surface area (Å²) in [6.07, 6.45) is 0. The molecule has 1 aliphatic rings.